The van der Waals surface area contributed by atoms with Gasteiger partial charge in [-0.2, -0.15) is 0 Å². The molecular weight excluding hydrogens is 190 g/mol. The number of nitrogens with one attached hydrogen (secondary N) is 2. The van der Waals surface area contributed by atoms with Crippen LogP contribution in [0.4, 0.5) is 0 Å². The van der Waals surface area contributed by atoms with E-state index < -0.39 is 0 Å². The number of hydrogen-bond acceptors (Lipinski definition) is 2. The Morgan fingerprint density at radius 1 is 1.60 bits per heavy atom. The molecule has 0 aromatic carbocycles. The van der Waals surface area contributed by atoms with E-state index in [0.29, 0.717) is 12.5 Å². The molecule has 0 saturated carbocycles. The van der Waals surface area contributed by atoms with E-state index in [1.54, 1.807) is 7.05 Å². The number of rotatable bonds is 4. The summed E-state index contributed by atoms with van der Waals surface area (Å²) in [7, 11) is 1.72. The molecule has 15 heavy (non-hydrogen) atoms. The highest BCUT2D eigenvalue weighted by Crippen LogP contribution is 2.04. The van der Waals surface area contributed by atoms with Gasteiger partial charge in [0.05, 0.1) is 5.56 Å². The highest BCUT2D eigenvalue weighted by atomic mass is 16.1. The van der Waals surface area contributed by atoms with E-state index in [2.05, 4.69) is 30.8 Å². The summed E-state index contributed by atoms with van der Waals surface area (Å²) in [6, 6.07) is 0. The number of aryl methyl sites for hydroxylation is 2. The summed E-state index contributed by atoms with van der Waals surface area (Å²) < 4.78 is 1.49. The third-order valence-electron chi connectivity index (χ3n) is 2.54. The summed E-state index contributed by atoms with van der Waals surface area (Å²) in [5.41, 5.74) is 2.67. The van der Waals surface area contributed by atoms with Gasteiger partial charge in [-0.05, 0) is 12.8 Å². The molecule has 1 heterocycles. The summed E-state index contributed by atoms with van der Waals surface area (Å²) in [4.78, 5) is 11.6. The van der Waals surface area contributed by atoms with E-state index in [1.807, 2.05) is 6.92 Å². The fourth-order valence-corrected chi connectivity index (χ4v) is 1.35. The SMILES string of the molecule is C=C(NCc1c(C)[nH]n(C)c1=O)C(C)C. The Kier molecular flexibility index (Phi) is 3.39. The van der Waals surface area contributed by atoms with Gasteiger partial charge >= 0.3 is 0 Å². The highest BCUT2D eigenvalue weighted by molar-refractivity contribution is 5.16. The maximum Gasteiger partial charge on any atom is 0.271 e. The van der Waals surface area contributed by atoms with Crippen molar-refractivity contribution in [2.45, 2.75) is 27.3 Å². The van der Waals surface area contributed by atoms with E-state index in [4.69, 9.17) is 0 Å². The van der Waals surface area contributed by atoms with Crippen molar-refractivity contribution in [2.75, 3.05) is 0 Å². The van der Waals surface area contributed by atoms with Crippen molar-refractivity contribution in [3.63, 3.8) is 0 Å². The van der Waals surface area contributed by atoms with Gasteiger partial charge in [0.25, 0.3) is 5.56 Å². The van der Waals surface area contributed by atoms with Crippen molar-refractivity contribution in [1.29, 1.82) is 0 Å². The average Bonchev–Trinajstić information content (AvgIpc) is 2.38. The fraction of sp³-hybridized carbons (Fsp3) is 0.545. The molecule has 4 nitrogen and oxygen atoms in total. The van der Waals surface area contributed by atoms with Gasteiger partial charge in [-0.15, -0.1) is 0 Å². The predicted octanol–water partition coefficient (Wildman–Crippen LogP) is 1.28. The van der Waals surface area contributed by atoms with E-state index in [9.17, 15) is 4.79 Å². The first-order valence-corrected chi connectivity index (χ1v) is 5.10. The molecule has 2 N–H and O–H groups in total. The van der Waals surface area contributed by atoms with Crippen molar-refractivity contribution in [2.24, 2.45) is 13.0 Å². The van der Waals surface area contributed by atoms with Crippen LogP contribution in [0.15, 0.2) is 17.1 Å². The lowest BCUT2D eigenvalue weighted by Crippen LogP contribution is -2.22. The summed E-state index contributed by atoms with van der Waals surface area (Å²) >= 11 is 0. The normalized spacial score (nSPS) is 10.7. The maximum atomic E-state index is 11.6. The third kappa shape index (κ3) is 2.52. The Morgan fingerprint density at radius 3 is 2.60 bits per heavy atom. The molecule has 0 amide bonds. The Morgan fingerprint density at radius 2 is 2.20 bits per heavy atom. The molecular formula is C11H19N3O. The summed E-state index contributed by atoms with van der Waals surface area (Å²) in [5, 5.41) is 6.13. The zero-order chi connectivity index (χ0) is 11.6. The molecule has 0 saturated heterocycles. The smallest absolute Gasteiger partial charge is 0.271 e. The second kappa shape index (κ2) is 4.38. The molecule has 0 aliphatic rings. The van der Waals surface area contributed by atoms with Gasteiger partial charge in [0.15, 0.2) is 0 Å². The van der Waals surface area contributed by atoms with Gasteiger partial charge in [-0.1, -0.05) is 20.4 Å². The quantitative estimate of drug-likeness (QED) is 0.785. The van der Waals surface area contributed by atoms with Crippen LogP contribution in [-0.4, -0.2) is 9.78 Å². The van der Waals surface area contributed by atoms with Crippen LogP contribution in [0.1, 0.15) is 25.1 Å². The van der Waals surface area contributed by atoms with Gasteiger partial charge in [0.1, 0.15) is 0 Å². The fourth-order valence-electron chi connectivity index (χ4n) is 1.35. The first-order valence-electron chi connectivity index (χ1n) is 5.10. The molecule has 0 aliphatic heterocycles. The van der Waals surface area contributed by atoms with Crippen LogP contribution >= 0.6 is 0 Å². The molecule has 0 atom stereocenters. The molecule has 0 fully saturated rings. The minimum Gasteiger partial charge on any atom is -0.384 e. The number of aromatic amines is 1. The minimum absolute atomic E-state index is 0.0246. The van der Waals surface area contributed by atoms with Crippen LogP contribution in [0.5, 0.6) is 0 Å². The monoisotopic (exact) mass is 209 g/mol. The Hall–Kier alpha value is -1.45. The average molecular weight is 209 g/mol. The van der Waals surface area contributed by atoms with Crippen LogP contribution in [0.2, 0.25) is 0 Å². The second-order valence-corrected chi connectivity index (χ2v) is 4.11. The Balaban J connectivity index is 2.74. The van der Waals surface area contributed by atoms with Crippen molar-refractivity contribution in [1.82, 2.24) is 15.1 Å². The second-order valence-electron chi connectivity index (χ2n) is 4.11. The molecule has 1 aromatic heterocycles. The van der Waals surface area contributed by atoms with Crippen LogP contribution in [0.3, 0.4) is 0 Å². The van der Waals surface area contributed by atoms with Crippen LogP contribution in [0, 0.1) is 12.8 Å². The zero-order valence-corrected chi connectivity index (χ0v) is 9.85. The van der Waals surface area contributed by atoms with Crippen LogP contribution < -0.4 is 10.9 Å². The summed E-state index contributed by atoms with van der Waals surface area (Å²) in [6.45, 7) is 10.5. The Labute approximate surface area is 90.0 Å². The first-order chi connectivity index (χ1) is 6.93. The van der Waals surface area contributed by atoms with E-state index in [-0.39, 0.29) is 5.56 Å². The maximum absolute atomic E-state index is 11.6. The number of nitrogens with zero attached hydrogens (tertiary/aromatic N) is 1. The minimum atomic E-state index is 0.0246. The molecule has 0 radical (unpaired) electrons. The van der Waals surface area contributed by atoms with Crippen molar-refractivity contribution in [3.05, 3.63) is 33.9 Å². The molecule has 0 spiro atoms. The predicted molar refractivity (Wildman–Crippen MR) is 61.6 cm³/mol. The van der Waals surface area contributed by atoms with Crippen molar-refractivity contribution >= 4 is 0 Å². The summed E-state index contributed by atoms with van der Waals surface area (Å²) in [6.07, 6.45) is 0. The largest absolute Gasteiger partial charge is 0.384 e. The summed E-state index contributed by atoms with van der Waals surface area (Å²) in [5.74, 6) is 0.382. The first kappa shape index (κ1) is 11.6. The molecule has 1 aromatic rings. The van der Waals surface area contributed by atoms with Crippen LogP contribution in [-0.2, 0) is 13.6 Å². The molecule has 1 rings (SSSR count). The lowest BCUT2D eigenvalue weighted by molar-refractivity contribution is 0.652. The lowest BCUT2D eigenvalue weighted by atomic mass is 10.1. The van der Waals surface area contributed by atoms with Gasteiger partial charge in [0.2, 0.25) is 0 Å². The molecule has 0 aliphatic carbocycles. The Bertz CT molecular complexity index is 412. The van der Waals surface area contributed by atoms with Gasteiger partial charge in [0, 0.05) is 25.0 Å². The van der Waals surface area contributed by atoms with Crippen LogP contribution in [0.25, 0.3) is 0 Å². The van der Waals surface area contributed by atoms with E-state index >= 15 is 0 Å². The number of allylic oxidation sites excluding steroid dienone is 1. The van der Waals surface area contributed by atoms with Gasteiger partial charge in [-0.25, -0.2) is 0 Å². The van der Waals surface area contributed by atoms with Crippen molar-refractivity contribution in [3.8, 4) is 0 Å². The van der Waals surface area contributed by atoms with Gasteiger partial charge in [-0.3, -0.25) is 14.6 Å². The van der Waals surface area contributed by atoms with E-state index in [1.165, 1.54) is 4.68 Å². The topological polar surface area (TPSA) is 49.8 Å². The number of H-pyrrole nitrogens is 1. The highest BCUT2D eigenvalue weighted by Gasteiger charge is 2.09. The van der Waals surface area contributed by atoms with Crippen molar-refractivity contribution < 1.29 is 0 Å². The lowest BCUT2D eigenvalue weighted by Gasteiger charge is -2.11. The zero-order valence-electron chi connectivity index (χ0n) is 9.85. The third-order valence-corrected chi connectivity index (χ3v) is 2.54. The number of aromatic nitrogens is 2. The standard InChI is InChI=1S/C11H19N3O/c1-7(2)8(3)12-6-10-9(4)13-14(5)11(10)15/h7,12-13H,3,6H2,1-2,4-5H3. The number of hydrogen-bond donors (Lipinski definition) is 2. The molecule has 84 valence electrons. The van der Waals surface area contributed by atoms with E-state index in [0.717, 1.165) is 17.0 Å². The molecule has 4 heteroatoms. The molecule has 0 bridgehead atoms. The van der Waals surface area contributed by atoms with Gasteiger partial charge < -0.3 is 5.32 Å². The molecule has 0 unspecified atom stereocenters.